The van der Waals surface area contributed by atoms with Crippen molar-refractivity contribution in [1.29, 1.82) is 0 Å². The van der Waals surface area contributed by atoms with Crippen LogP contribution in [0.2, 0.25) is 0 Å². The van der Waals surface area contributed by atoms with E-state index >= 15 is 0 Å². The van der Waals surface area contributed by atoms with Crippen molar-refractivity contribution in [2.75, 3.05) is 6.75 Å². The van der Waals surface area contributed by atoms with Gasteiger partial charge < -0.3 is 14.6 Å². The summed E-state index contributed by atoms with van der Waals surface area (Å²) in [6.45, 7) is -8.18. The normalized spacial score (nSPS) is 32.0. The van der Waals surface area contributed by atoms with E-state index in [-0.39, 0.29) is 17.1 Å². The van der Waals surface area contributed by atoms with Crippen LogP contribution in [0.3, 0.4) is 0 Å². The summed E-state index contributed by atoms with van der Waals surface area (Å²) >= 11 is 0. The molecule has 92 valence electrons. The van der Waals surface area contributed by atoms with Crippen molar-refractivity contribution >= 4 is 6.08 Å². The first-order chi connectivity index (χ1) is 11.9. The average molecular weight is 244 g/mol. The van der Waals surface area contributed by atoms with Crippen molar-refractivity contribution in [2.24, 2.45) is 5.41 Å². The van der Waals surface area contributed by atoms with Crippen molar-refractivity contribution < 1.29 is 28.3 Å². The lowest BCUT2D eigenvalue weighted by Crippen LogP contribution is -2.23. The van der Waals surface area contributed by atoms with Crippen LogP contribution in [0.4, 0.5) is 0 Å². The highest BCUT2D eigenvalue weighted by atomic mass is 16.7. The summed E-state index contributed by atoms with van der Waals surface area (Å²) in [5.41, 5.74) is -2.78. The number of ether oxygens (including phenoxy) is 2. The largest absolute Gasteiger partial charge is 0.454 e. The predicted octanol–water partition coefficient (Wildman–Crippen LogP) is 2.84. The third-order valence-electron chi connectivity index (χ3n) is 2.12. The zero-order chi connectivity index (χ0) is 21.1. The first kappa shape index (κ1) is 4.65. The maximum Gasteiger partial charge on any atom is 0.231 e. The Balaban J connectivity index is 2.48. The topological polar surface area (TPSA) is 38.7 Å². The summed E-state index contributed by atoms with van der Waals surface area (Å²) in [6.07, 6.45) is -2.35. The molecule has 1 aromatic rings. The fourth-order valence-corrected chi connectivity index (χ4v) is 1.19. The minimum atomic E-state index is -3.27. The van der Waals surface area contributed by atoms with Crippen LogP contribution in [0.5, 0.6) is 11.5 Å². The van der Waals surface area contributed by atoms with Crippen LogP contribution in [0.25, 0.3) is 6.08 Å². The highest BCUT2D eigenvalue weighted by Gasteiger charge is 2.19. The van der Waals surface area contributed by atoms with Crippen molar-refractivity contribution in [3.8, 4) is 11.5 Å². The van der Waals surface area contributed by atoms with Crippen molar-refractivity contribution in [3.63, 3.8) is 0 Å². The van der Waals surface area contributed by atoms with E-state index < -0.39 is 38.0 Å². The fraction of sp³-hybridized carbons (Fsp3) is 0.429. The monoisotopic (exact) mass is 244 g/mol. The molecule has 1 aromatic carbocycles. The van der Waals surface area contributed by atoms with E-state index in [1.54, 1.807) is 0 Å². The van der Waals surface area contributed by atoms with Gasteiger partial charge in [0.05, 0.1) is 8.82 Å². The maximum atomic E-state index is 10.5. The van der Waals surface area contributed by atoms with E-state index in [4.69, 9.17) is 23.2 Å². The third kappa shape index (κ3) is 2.80. The molecule has 0 fully saturated rings. The van der Waals surface area contributed by atoms with Gasteiger partial charge in [0, 0.05) is 8.22 Å². The minimum absolute atomic E-state index is 0.00414. The minimum Gasteiger partial charge on any atom is -0.454 e. The van der Waals surface area contributed by atoms with Gasteiger partial charge in [0.1, 0.15) is 2.74 Å². The first-order valence-electron chi connectivity index (χ1n) is 9.86. The number of fused-ring (bicyclic) bond motifs is 1. The van der Waals surface area contributed by atoms with E-state index in [1.165, 1.54) is 18.2 Å². The van der Waals surface area contributed by atoms with Gasteiger partial charge in [0.15, 0.2) is 11.5 Å². The van der Waals surface area contributed by atoms with E-state index in [0.717, 1.165) is 13.0 Å². The summed E-state index contributed by atoms with van der Waals surface area (Å²) in [7, 11) is 0. The van der Waals surface area contributed by atoms with Gasteiger partial charge in [0.25, 0.3) is 0 Å². The highest BCUT2D eigenvalue weighted by molar-refractivity contribution is 5.56. The van der Waals surface area contributed by atoms with Gasteiger partial charge in [-0.25, -0.2) is 0 Å². The Morgan fingerprint density at radius 1 is 1.59 bits per heavy atom. The SMILES string of the molecule is [2H]/C(=C\c1ccc2c(c1)OC([2H])([2H])O2)C([2H])(O)C(C)(C([2H])([2H])[2H])C([2H])([2H])[2H]. The number of hydrogen-bond donors (Lipinski definition) is 1. The van der Waals surface area contributed by atoms with Gasteiger partial charge >= 0.3 is 0 Å². The molecule has 0 bridgehead atoms. The second-order valence-electron chi connectivity index (χ2n) is 3.76. The molecular formula is C14H18O3. The molecule has 1 aliphatic heterocycles. The Labute approximate surface area is 116 Å². The summed E-state index contributed by atoms with van der Waals surface area (Å²) in [5.74, 6) is 0.101. The Hall–Kier alpha value is -1.48. The predicted molar refractivity (Wildman–Crippen MR) is 67.1 cm³/mol. The van der Waals surface area contributed by atoms with Crippen LogP contribution in [-0.4, -0.2) is 17.9 Å². The van der Waals surface area contributed by atoms with Crippen LogP contribution in [0, 0.1) is 5.41 Å². The number of aliphatic hydroxyl groups is 1. The lowest BCUT2D eigenvalue weighted by molar-refractivity contribution is 0.106. The van der Waals surface area contributed by atoms with Crippen LogP contribution < -0.4 is 9.47 Å². The van der Waals surface area contributed by atoms with E-state index in [1.807, 2.05) is 0 Å². The highest BCUT2D eigenvalue weighted by Crippen LogP contribution is 2.33. The number of benzene rings is 1. The summed E-state index contributed by atoms with van der Waals surface area (Å²) in [6, 6.07) is 2.98. The van der Waals surface area contributed by atoms with Crippen molar-refractivity contribution in [3.05, 3.63) is 29.8 Å². The van der Waals surface area contributed by atoms with Crippen LogP contribution >= 0.6 is 0 Å². The van der Waals surface area contributed by atoms with Gasteiger partial charge in [-0.15, -0.1) is 0 Å². The molecule has 3 heteroatoms. The van der Waals surface area contributed by atoms with Crippen LogP contribution in [0.1, 0.15) is 39.9 Å². The van der Waals surface area contributed by atoms with Crippen molar-refractivity contribution in [2.45, 2.75) is 26.7 Å². The average Bonchev–Trinajstić information content (AvgIpc) is 2.76. The molecule has 1 heterocycles. The van der Waals surface area contributed by atoms with Gasteiger partial charge in [-0.05, 0) is 23.1 Å². The van der Waals surface area contributed by atoms with Gasteiger partial charge in [-0.1, -0.05) is 38.8 Å². The number of rotatable bonds is 2. The molecule has 0 aromatic heterocycles. The Bertz CT molecular complexity index is 749. The Morgan fingerprint density at radius 3 is 3.12 bits per heavy atom. The zero-order valence-corrected chi connectivity index (χ0v) is 9.07. The molecule has 0 amide bonds. The number of hydrogen-bond acceptors (Lipinski definition) is 3. The van der Waals surface area contributed by atoms with E-state index in [2.05, 4.69) is 0 Å². The van der Waals surface area contributed by atoms with E-state index in [0.29, 0.717) is 0 Å². The summed E-state index contributed by atoms with van der Waals surface area (Å²) in [5, 5.41) is 10.5. The summed E-state index contributed by atoms with van der Waals surface area (Å²) in [4.78, 5) is 0. The lowest BCUT2D eigenvalue weighted by Gasteiger charge is -2.22. The van der Waals surface area contributed by atoms with Gasteiger partial charge in [-0.3, -0.25) is 0 Å². The third-order valence-corrected chi connectivity index (χ3v) is 2.12. The second kappa shape index (κ2) is 4.41. The maximum absolute atomic E-state index is 10.5. The second-order valence-corrected chi connectivity index (χ2v) is 3.76. The lowest BCUT2D eigenvalue weighted by atomic mass is 9.89. The Morgan fingerprint density at radius 2 is 2.35 bits per heavy atom. The molecule has 3 nitrogen and oxygen atoms in total. The zero-order valence-electron chi connectivity index (χ0n) is 19.1. The van der Waals surface area contributed by atoms with Gasteiger partial charge in [0.2, 0.25) is 6.75 Å². The standard InChI is InChI=1S/C14H18O3/c1-14(2,3)13(15)7-5-10-4-6-11-12(8-10)17-9-16-11/h4-8,13,15H,9H2,1-3H3/b7-5+/i1D3,2D3,7D,9D2,13D. The molecule has 1 N–H and O–H groups in total. The molecule has 1 atom stereocenters. The van der Waals surface area contributed by atoms with Gasteiger partial charge in [-0.2, -0.15) is 0 Å². The van der Waals surface area contributed by atoms with Crippen molar-refractivity contribution in [1.82, 2.24) is 0 Å². The van der Waals surface area contributed by atoms with E-state index in [9.17, 15) is 5.11 Å². The molecule has 1 aliphatic rings. The fourth-order valence-electron chi connectivity index (χ4n) is 1.19. The van der Waals surface area contributed by atoms with Crippen LogP contribution in [0.15, 0.2) is 24.3 Å². The molecule has 0 saturated heterocycles. The molecule has 17 heavy (non-hydrogen) atoms. The first-order valence-corrected chi connectivity index (χ1v) is 4.86. The molecule has 1 unspecified atom stereocenters. The Kier molecular flexibility index (Phi) is 1.21. The molecule has 0 spiro atoms. The molecule has 0 aliphatic carbocycles. The molecule has 0 radical (unpaired) electrons. The summed E-state index contributed by atoms with van der Waals surface area (Å²) < 4.78 is 85.7. The molecular weight excluding hydrogens is 216 g/mol. The molecule has 0 saturated carbocycles. The smallest absolute Gasteiger partial charge is 0.231 e. The van der Waals surface area contributed by atoms with Crippen LogP contribution in [-0.2, 0) is 0 Å². The molecule has 2 rings (SSSR count). The quantitative estimate of drug-likeness (QED) is 0.869.